The van der Waals surface area contributed by atoms with Gasteiger partial charge in [-0.1, -0.05) is 12.2 Å². The molecule has 4 rings (SSSR count). The van der Waals surface area contributed by atoms with Crippen LogP contribution < -0.4 is 14.8 Å². The van der Waals surface area contributed by atoms with E-state index in [1.165, 1.54) is 24.5 Å². The summed E-state index contributed by atoms with van der Waals surface area (Å²) in [7, 11) is -11.5. The summed E-state index contributed by atoms with van der Waals surface area (Å²) < 4.78 is 118. The topological polar surface area (TPSA) is 238 Å². The van der Waals surface area contributed by atoms with Gasteiger partial charge < -0.3 is 23.9 Å². The van der Waals surface area contributed by atoms with Crippen LogP contribution in [0, 0.1) is 0 Å². The van der Waals surface area contributed by atoms with Crippen molar-refractivity contribution in [2.75, 3.05) is 56.4 Å². The third-order valence-electron chi connectivity index (χ3n) is 9.33. The Hall–Kier alpha value is -3.95. The highest BCUT2D eigenvalue weighted by molar-refractivity contribution is 7.86. The minimum Gasteiger partial charge on any atom is -0.481 e. The predicted octanol–water partition coefficient (Wildman–Crippen LogP) is 3.55. The van der Waals surface area contributed by atoms with E-state index in [9.17, 15) is 43.7 Å². The molecule has 302 valence electrons. The molecule has 2 aliphatic heterocycles. The van der Waals surface area contributed by atoms with Crippen LogP contribution >= 0.6 is 0 Å². The highest BCUT2D eigenvalue weighted by Crippen LogP contribution is 2.51. The van der Waals surface area contributed by atoms with E-state index in [1.54, 1.807) is 32.3 Å². The zero-order valence-electron chi connectivity index (χ0n) is 30.7. The molecule has 0 bridgehead atoms. The van der Waals surface area contributed by atoms with Crippen molar-refractivity contribution in [3.05, 3.63) is 83.1 Å². The lowest BCUT2D eigenvalue weighted by atomic mass is 9.77. The second-order valence-corrected chi connectivity index (χ2v) is 18.0. The molecule has 1 aliphatic carbocycles. The van der Waals surface area contributed by atoms with Crippen LogP contribution in [0.2, 0.25) is 0 Å². The van der Waals surface area contributed by atoms with Gasteiger partial charge in [0.05, 0.1) is 48.4 Å². The molecule has 2 atom stereocenters. The molecule has 0 saturated heterocycles. The number of ether oxygens (including phenoxy) is 2. The molecule has 55 heavy (non-hydrogen) atoms. The smallest absolute Gasteiger partial charge is 0.305 e. The first-order valence-electron chi connectivity index (χ1n) is 17.3. The van der Waals surface area contributed by atoms with E-state index in [1.807, 2.05) is 40.7 Å². The molecule has 2 heterocycles. The number of allylic oxidation sites excluding steroid dienone is 3. The van der Waals surface area contributed by atoms with Crippen molar-refractivity contribution in [2.24, 2.45) is 0 Å². The SMILES string of the molecule is COCC(C)[N+](CCCS(=O)(=O)O)=c1ccc2c(/C=C/C=C3/N(CCOCCC(=O)O)c4ccc(S(=O)(=O)O)cc4C3(C)CCCS(=O)(=O)O)ccoc-2c1. The molecule has 4 N–H and O–H groups in total. The van der Waals surface area contributed by atoms with Gasteiger partial charge >= 0.3 is 5.97 Å². The molecule has 1 aromatic carbocycles. The van der Waals surface area contributed by atoms with E-state index in [-0.39, 0.29) is 56.4 Å². The van der Waals surface area contributed by atoms with Gasteiger partial charge in [-0.15, -0.1) is 0 Å². The van der Waals surface area contributed by atoms with Gasteiger partial charge in [0, 0.05) is 48.5 Å². The van der Waals surface area contributed by atoms with E-state index in [2.05, 4.69) is 0 Å². The summed E-state index contributed by atoms with van der Waals surface area (Å²) >= 11 is 0. The largest absolute Gasteiger partial charge is 0.481 e. The van der Waals surface area contributed by atoms with Crippen molar-refractivity contribution in [3.8, 4) is 11.3 Å². The van der Waals surface area contributed by atoms with Gasteiger partial charge in [-0.25, -0.2) is 4.58 Å². The van der Waals surface area contributed by atoms with Gasteiger partial charge in [-0.2, -0.15) is 25.3 Å². The van der Waals surface area contributed by atoms with Crippen molar-refractivity contribution < 1.29 is 62.7 Å². The minimum atomic E-state index is -4.61. The Balaban J connectivity index is 1.78. The number of carbonyl (C=O) groups is 1. The standard InChI is InChI=1S/C36H46N2O14S3/c1-26(25-50-3)37(16-6-22-54(44,45)46)28-9-11-30-27(13-19-52-33(30)23-28)7-4-8-34-36(2,15-5-21-53(41,42)43)31-24-29(55(47,48)49)10-12-32(31)38(34)17-20-51-18-14-35(39)40/h4,7-13,19,23-24,26H,5-6,14-18,20-22,25H2,1-3H3,(H3-,39,40,41,42,43,44,45,46,47,48,49)/p+1. The van der Waals surface area contributed by atoms with E-state index < -0.39 is 53.2 Å². The predicted molar refractivity (Wildman–Crippen MR) is 205 cm³/mol. The normalized spacial score (nSPS) is 18.3. The Morgan fingerprint density at radius 1 is 0.982 bits per heavy atom. The third kappa shape index (κ3) is 12.0. The molecular formula is C36H47N2O14S3+. The van der Waals surface area contributed by atoms with Crippen molar-refractivity contribution >= 4 is 48.1 Å². The monoisotopic (exact) mass is 827 g/mol. The summed E-state index contributed by atoms with van der Waals surface area (Å²) in [5.74, 6) is -1.43. The fraction of sp³-hybridized carbons (Fsp3) is 0.444. The molecule has 0 fully saturated rings. The van der Waals surface area contributed by atoms with Crippen LogP contribution in [0.25, 0.3) is 17.4 Å². The van der Waals surface area contributed by atoms with Crippen molar-refractivity contribution in [1.29, 1.82) is 0 Å². The highest BCUT2D eigenvalue weighted by Gasteiger charge is 2.43. The van der Waals surface area contributed by atoms with Crippen LogP contribution in [0.1, 0.15) is 50.7 Å². The lowest BCUT2D eigenvalue weighted by Gasteiger charge is -2.30. The van der Waals surface area contributed by atoms with E-state index in [4.69, 9.17) is 19.0 Å². The molecule has 0 radical (unpaired) electrons. The van der Waals surface area contributed by atoms with E-state index in [0.717, 1.165) is 16.5 Å². The Labute approximate surface area is 321 Å². The molecule has 0 amide bonds. The fourth-order valence-electron chi connectivity index (χ4n) is 6.76. The van der Waals surface area contributed by atoms with E-state index in [0.29, 0.717) is 35.9 Å². The second-order valence-electron chi connectivity index (χ2n) is 13.4. The molecule has 1 aromatic rings. The quantitative estimate of drug-likeness (QED) is 0.0724. The molecule has 3 aliphatic rings. The number of aliphatic carboxylic acids is 1. The number of carboxylic acids is 1. The zero-order valence-corrected chi connectivity index (χ0v) is 33.1. The average molecular weight is 828 g/mol. The van der Waals surface area contributed by atoms with Crippen LogP contribution in [-0.2, 0) is 50.0 Å². The number of methoxy groups -OCH3 is 1. The van der Waals surface area contributed by atoms with Crippen molar-refractivity contribution in [3.63, 3.8) is 0 Å². The van der Waals surface area contributed by atoms with Crippen LogP contribution in [0.4, 0.5) is 5.69 Å². The van der Waals surface area contributed by atoms with Crippen LogP contribution in [0.3, 0.4) is 0 Å². The average Bonchev–Trinajstić information content (AvgIpc) is 3.31. The summed E-state index contributed by atoms with van der Waals surface area (Å²) in [5, 5.41) is 9.76. The Morgan fingerprint density at radius 2 is 1.69 bits per heavy atom. The summed E-state index contributed by atoms with van der Waals surface area (Å²) in [6.07, 6.45) is 7.06. The van der Waals surface area contributed by atoms with Crippen molar-refractivity contribution in [2.45, 2.75) is 55.9 Å². The molecule has 16 nitrogen and oxygen atoms in total. The Morgan fingerprint density at radius 3 is 2.35 bits per heavy atom. The van der Waals surface area contributed by atoms with Crippen molar-refractivity contribution in [1.82, 2.24) is 4.58 Å². The van der Waals surface area contributed by atoms with Gasteiger partial charge in [0.25, 0.3) is 30.4 Å². The van der Waals surface area contributed by atoms with Crippen LogP contribution in [0.15, 0.2) is 75.9 Å². The van der Waals surface area contributed by atoms with Gasteiger partial charge in [-0.05, 0) is 74.2 Å². The van der Waals surface area contributed by atoms with Gasteiger partial charge in [0.2, 0.25) is 5.36 Å². The van der Waals surface area contributed by atoms with Gasteiger partial charge in [-0.3, -0.25) is 18.5 Å². The number of fused-ring (bicyclic) bond motifs is 2. The first-order chi connectivity index (χ1) is 25.7. The minimum absolute atomic E-state index is 0.0118. The van der Waals surface area contributed by atoms with E-state index >= 15 is 0 Å². The summed E-state index contributed by atoms with van der Waals surface area (Å²) in [5.41, 5.74) is 2.17. The molecular weight excluding hydrogens is 781 g/mol. The summed E-state index contributed by atoms with van der Waals surface area (Å²) in [6.45, 7) is 4.68. The maximum absolute atomic E-state index is 12.2. The van der Waals surface area contributed by atoms with Crippen LogP contribution in [0.5, 0.6) is 0 Å². The first kappa shape index (κ1) is 43.8. The zero-order chi connectivity index (χ0) is 40.6. The Bertz CT molecular complexity index is 2280. The first-order valence-corrected chi connectivity index (χ1v) is 22.0. The molecule has 19 heteroatoms. The second kappa shape index (κ2) is 18.3. The van der Waals surface area contributed by atoms with Gasteiger partial charge in [0.1, 0.15) is 18.9 Å². The highest BCUT2D eigenvalue weighted by atomic mass is 32.2. The fourth-order valence-corrected chi connectivity index (χ4v) is 8.27. The maximum Gasteiger partial charge on any atom is 0.305 e. The summed E-state index contributed by atoms with van der Waals surface area (Å²) in [4.78, 5) is 12.5. The number of hydrogen-bond acceptors (Lipinski definition) is 11. The number of carboxylic acid groups (broad SMARTS) is 1. The number of nitrogens with zero attached hydrogens (tertiary/aromatic N) is 2. The molecule has 0 spiro atoms. The molecule has 0 aromatic heterocycles. The van der Waals surface area contributed by atoms with Gasteiger partial charge in [0.15, 0.2) is 6.04 Å². The number of benzene rings is 2. The molecule has 0 saturated carbocycles. The third-order valence-corrected chi connectivity index (χ3v) is 11.8. The Kier molecular flexibility index (Phi) is 14.6. The molecule has 2 unspecified atom stereocenters. The lowest BCUT2D eigenvalue weighted by Crippen LogP contribution is -2.41. The number of hydrogen-bond donors (Lipinski definition) is 4. The number of rotatable bonds is 20. The lowest BCUT2D eigenvalue weighted by molar-refractivity contribution is -0.138. The summed E-state index contributed by atoms with van der Waals surface area (Å²) in [6, 6.07) is 11.3. The number of anilines is 1. The maximum atomic E-state index is 12.2. The van der Waals surface area contributed by atoms with Crippen LogP contribution in [-0.4, -0.2) is 108 Å².